The molecule has 0 atom stereocenters. The number of methoxy groups -OCH3 is 1. The first-order valence-electron chi connectivity index (χ1n) is 12.0. The van der Waals surface area contributed by atoms with Crippen LogP contribution in [0.3, 0.4) is 0 Å². The van der Waals surface area contributed by atoms with Gasteiger partial charge in [0.05, 0.1) is 7.11 Å². The number of amides is 1. The molecular weight excluding hydrogens is 469 g/mol. The van der Waals surface area contributed by atoms with Crippen molar-refractivity contribution >= 4 is 17.4 Å². The van der Waals surface area contributed by atoms with E-state index in [2.05, 4.69) is 27.1 Å². The summed E-state index contributed by atoms with van der Waals surface area (Å²) in [4.78, 5) is 14.4. The Bertz CT molecular complexity index is 1050. The lowest BCUT2D eigenvalue weighted by Gasteiger charge is -2.31. The number of piperidine rings is 1. The van der Waals surface area contributed by atoms with Crippen molar-refractivity contribution in [1.29, 1.82) is 0 Å². The Labute approximate surface area is 210 Å². The van der Waals surface area contributed by atoms with Crippen LogP contribution in [0.15, 0.2) is 66.8 Å². The van der Waals surface area contributed by atoms with Crippen molar-refractivity contribution in [2.24, 2.45) is 5.92 Å². The average Bonchev–Trinajstić information content (AvgIpc) is 2.84. The summed E-state index contributed by atoms with van der Waals surface area (Å²) in [6, 6.07) is 13.7. The molecule has 3 rings (SSSR count). The van der Waals surface area contributed by atoms with E-state index >= 15 is 0 Å². The van der Waals surface area contributed by atoms with E-state index in [4.69, 9.17) is 4.74 Å². The number of hydrogen-bond donors (Lipinski definition) is 1. The van der Waals surface area contributed by atoms with Crippen LogP contribution < -0.4 is 10.1 Å². The molecule has 0 unspecified atom stereocenters. The molecule has 0 bridgehead atoms. The maximum absolute atomic E-state index is 12.3. The van der Waals surface area contributed by atoms with Gasteiger partial charge in [-0.25, -0.2) is 0 Å². The molecule has 194 valence electrons. The number of alkyl halides is 3. The number of nitrogens with zero attached hydrogens (tertiary/aromatic N) is 1. The lowest BCUT2D eigenvalue weighted by atomic mass is 9.89. The number of hydrogen-bond acceptors (Lipinski definition) is 4. The summed E-state index contributed by atoms with van der Waals surface area (Å²) in [6.45, 7) is 6.49. The zero-order chi connectivity index (χ0) is 26.1. The number of benzene rings is 2. The van der Waals surface area contributed by atoms with E-state index in [1.165, 1.54) is 36.9 Å². The largest absolute Gasteiger partial charge is 0.573 e. The summed E-state index contributed by atoms with van der Waals surface area (Å²) >= 11 is 0. The number of allylic oxidation sites excluding steroid dienone is 2. The lowest BCUT2D eigenvalue weighted by Crippen LogP contribution is -2.33. The van der Waals surface area contributed by atoms with Crippen molar-refractivity contribution in [3.63, 3.8) is 0 Å². The molecule has 0 saturated carbocycles. The lowest BCUT2D eigenvalue weighted by molar-refractivity contribution is -0.274. The molecule has 1 N–H and O–H groups in total. The van der Waals surface area contributed by atoms with E-state index < -0.39 is 6.36 Å². The molecule has 0 aliphatic carbocycles. The first-order chi connectivity index (χ1) is 17.1. The molecule has 0 aromatic heterocycles. The second-order valence-corrected chi connectivity index (χ2v) is 9.08. The standard InChI is InChI=1S/C28H33F3N2O3/c1-20(2)27(34)32-24-8-6-7-23(19-24)21-14-17-33(18-15-21)16-5-4-9-26(35-3)22-10-12-25(13-11-22)36-28(29,30)31/h4-13,19-21H,14-18H2,1-3H3,(H,32,34)/b5-4+,26-9-. The Morgan fingerprint density at radius 2 is 1.83 bits per heavy atom. The number of anilines is 1. The van der Waals surface area contributed by atoms with Crippen molar-refractivity contribution < 1.29 is 27.4 Å². The van der Waals surface area contributed by atoms with Crippen LogP contribution in [0.25, 0.3) is 5.76 Å². The first-order valence-corrected chi connectivity index (χ1v) is 12.0. The van der Waals surface area contributed by atoms with Gasteiger partial charge >= 0.3 is 6.36 Å². The molecule has 5 nitrogen and oxygen atoms in total. The maximum atomic E-state index is 12.3. The van der Waals surface area contributed by atoms with Crippen LogP contribution in [0, 0.1) is 5.92 Å². The second-order valence-electron chi connectivity index (χ2n) is 9.08. The Balaban J connectivity index is 1.49. The summed E-state index contributed by atoms with van der Waals surface area (Å²) in [7, 11) is 1.52. The molecule has 1 aliphatic rings. The number of carbonyl (C=O) groups excluding carboxylic acids is 1. The Hall–Kier alpha value is -3.26. The van der Waals surface area contributed by atoms with Crippen molar-refractivity contribution in [3.8, 4) is 5.75 Å². The molecule has 1 fully saturated rings. The van der Waals surface area contributed by atoms with E-state index in [0.29, 0.717) is 17.2 Å². The number of halogens is 3. The molecular formula is C28H33F3N2O3. The predicted molar refractivity (Wildman–Crippen MR) is 136 cm³/mol. The third-order valence-corrected chi connectivity index (χ3v) is 6.08. The van der Waals surface area contributed by atoms with E-state index in [0.717, 1.165) is 38.2 Å². The minimum absolute atomic E-state index is 0.0203. The summed E-state index contributed by atoms with van der Waals surface area (Å²) in [5.41, 5.74) is 2.76. The third-order valence-electron chi connectivity index (χ3n) is 6.08. The Kier molecular flexibility index (Phi) is 9.58. The van der Waals surface area contributed by atoms with Crippen LogP contribution in [0.2, 0.25) is 0 Å². The fourth-order valence-corrected chi connectivity index (χ4v) is 4.07. The van der Waals surface area contributed by atoms with E-state index in [-0.39, 0.29) is 17.6 Å². The Morgan fingerprint density at radius 1 is 1.14 bits per heavy atom. The molecule has 0 spiro atoms. The van der Waals surface area contributed by atoms with Gasteiger partial charge in [-0.3, -0.25) is 9.69 Å². The topological polar surface area (TPSA) is 50.8 Å². The fraction of sp³-hybridized carbons (Fsp3) is 0.393. The molecule has 1 saturated heterocycles. The second kappa shape index (κ2) is 12.6. The van der Waals surface area contributed by atoms with E-state index in [1.807, 2.05) is 38.1 Å². The van der Waals surface area contributed by atoms with Gasteiger partial charge in [0.15, 0.2) is 0 Å². The summed E-state index contributed by atoms with van der Waals surface area (Å²) in [5, 5.41) is 2.98. The van der Waals surface area contributed by atoms with Crippen LogP contribution >= 0.6 is 0 Å². The Morgan fingerprint density at radius 3 is 2.44 bits per heavy atom. The van der Waals surface area contributed by atoms with Gasteiger partial charge in [0, 0.05) is 23.7 Å². The molecule has 1 amide bonds. The normalized spacial score (nSPS) is 15.9. The van der Waals surface area contributed by atoms with Crippen LogP contribution in [0.1, 0.15) is 43.7 Å². The van der Waals surface area contributed by atoms with Gasteiger partial charge < -0.3 is 14.8 Å². The minimum Gasteiger partial charge on any atom is -0.496 e. The minimum atomic E-state index is -4.71. The smallest absolute Gasteiger partial charge is 0.496 e. The van der Waals surface area contributed by atoms with Crippen LogP contribution in [0.5, 0.6) is 5.75 Å². The van der Waals surface area contributed by atoms with Gasteiger partial charge in [0.1, 0.15) is 11.5 Å². The monoisotopic (exact) mass is 502 g/mol. The highest BCUT2D eigenvalue weighted by atomic mass is 19.4. The van der Waals surface area contributed by atoms with Crippen LogP contribution in [0.4, 0.5) is 18.9 Å². The highest BCUT2D eigenvalue weighted by Crippen LogP contribution is 2.30. The number of nitrogens with one attached hydrogen (secondary N) is 1. The summed E-state index contributed by atoms with van der Waals surface area (Å²) in [5.74, 6) is 0.705. The fourth-order valence-electron chi connectivity index (χ4n) is 4.07. The van der Waals surface area contributed by atoms with Crippen molar-refractivity contribution in [3.05, 3.63) is 77.9 Å². The maximum Gasteiger partial charge on any atom is 0.573 e. The van der Waals surface area contributed by atoms with Crippen molar-refractivity contribution in [2.75, 3.05) is 32.1 Å². The third kappa shape index (κ3) is 8.45. The van der Waals surface area contributed by atoms with Gasteiger partial charge in [0.25, 0.3) is 0 Å². The first kappa shape index (κ1) is 27.3. The van der Waals surface area contributed by atoms with Crippen molar-refractivity contribution in [2.45, 2.75) is 39.0 Å². The number of likely N-dealkylation sites (tertiary alicyclic amines) is 1. The molecule has 0 radical (unpaired) electrons. The zero-order valence-corrected chi connectivity index (χ0v) is 20.8. The number of rotatable bonds is 9. The zero-order valence-electron chi connectivity index (χ0n) is 20.8. The van der Waals surface area contributed by atoms with Gasteiger partial charge in [-0.05, 0) is 79.9 Å². The van der Waals surface area contributed by atoms with Gasteiger partial charge in [-0.1, -0.05) is 38.1 Å². The number of carbonyl (C=O) groups is 1. The molecule has 2 aromatic carbocycles. The SMILES string of the molecule is CO/C(=C\C=C\CN1CCC(c2cccc(NC(=O)C(C)C)c2)CC1)c1ccc(OC(F)(F)F)cc1. The van der Waals surface area contributed by atoms with Crippen LogP contribution in [-0.4, -0.2) is 43.9 Å². The molecule has 1 heterocycles. The predicted octanol–water partition coefficient (Wildman–Crippen LogP) is 6.60. The highest BCUT2D eigenvalue weighted by molar-refractivity contribution is 5.92. The van der Waals surface area contributed by atoms with E-state index in [1.54, 1.807) is 6.08 Å². The quantitative estimate of drug-likeness (QED) is 0.310. The molecule has 1 aliphatic heterocycles. The molecule has 36 heavy (non-hydrogen) atoms. The molecule has 8 heteroatoms. The van der Waals surface area contributed by atoms with Crippen molar-refractivity contribution in [1.82, 2.24) is 4.90 Å². The van der Waals surface area contributed by atoms with Gasteiger partial charge in [-0.15, -0.1) is 13.2 Å². The number of ether oxygens (including phenoxy) is 2. The summed E-state index contributed by atoms with van der Waals surface area (Å²) in [6.07, 6.45) is 3.10. The average molecular weight is 503 g/mol. The molecule has 2 aromatic rings. The summed E-state index contributed by atoms with van der Waals surface area (Å²) < 4.78 is 46.3. The highest BCUT2D eigenvalue weighted by Gasteiger charge is 2.31. The van der Waals surface area contributed by atoms with Crippen LogP contribution in [-0.2, 0) is 9.53 Å². The van der Waals surface area contributed by atoms with Gasteiger partial charge in [0.2, 0.25) is 5.91 Å². The van der Waals surface area contributed by atoms with Gasteiger partial charge in [-0.2, -0.15) is 0 Å². The van der Waals surface area contributed by atoms with E-state index in [9.17, 15) is 18.0 Å².